The van der Waals surface area contributed by atoms with Crippen molar-refractivity contribution in [3.63, 3.8) is 0 Å². The first kappa shape index (κ1) is 18.6. The molecule has 4 nitrogen and oxygen atoms in total. The number of aliphatic carboxylic acids is 1. The molecule has 7 atom stereocenters. The summed E-state index contributed by atoms with van der Waals surface area (Å²) in [6.45, 7) is 5.79. The quantitative estimate of drug-likeness (QED) is 0.688. The second kappa shape index (κ2) is 5.63. The van der Waals surface area contributed by atoms with Gasteiger partial charge in [-0.25, -0.2) is 9.18 Å². The summed E-state index contributed by atoms with van der Waals surface area (Å²) < 4.78 is 16.8. The highest BCUT2D eigenvalue weighted by Crippen LogP contribution is 2.69. The van der Waals surface area contributed by atoms with Crippen LogP contribution in [0.25, 0.3) is 0 Å². The summed E-state index contributed by atoms with van der Waals surface area (Å²) in [5.74, 6) is -1.44. The fourth-order valence-corrected chi connectivity index (χ4v) is 6.84. The van der Waals surface area contributed by atoms with Crippen LogP contribution < -0.4 is 0 Å². The maximum atomic E-state index is 16.8. The number of carboxylic acid groups (broad SMARTS) is 1. The summed E-state index contributed by atoms with van der Waals surface area (Å²) >= 11 is 0. The summed E-state index contributed by atoms with van der Waals surface area (Å²) in [5.41, 5.74) is -1.77. The van der Waals surface area contributed by atoms with Crippen LogP contribution in [0.5, 0.6) is 0 Å². The SMILES string of the molecule is C[C@H]1C[C@H]2[C@@H]3CCC4=CC(=O)C=C[C@]4(C)[C@@]3(F)[C@@H](O)C[C@]2(C)C1=CC(=O)O. The molecule has 3 fully saturated rings. The average Bonchev–Trinajstić information content (AvgIpc) is 2.81. The molecule has 4 aliphatic rings. The maximum absolute atomic E-state index is 16.8. The number of aliphatic hydroxyl groups excluding tert-OH is 1. The zero-order chi connectivity index (χ0) is 19.8. The molecule has 0 bridgehead atoms. The highest BCUT2D eigenvalue weighted by molar-refractivity contribution is 6.01. The number of rotatable bonds is 1. The van der Waals surface area contributed by atoms with Gasteiger partial charge in [-0.1, -0.05) is 31.1 Å². The maximum Gasteiger partial charge on any atom is 0.328 e. The second-order valence-corrected chi connectivity index (χ2v) is 9.34. The largest absolute Gasteiger partial charge is 0.478 e. The predicted octanol–water partition coefficient (Wildman–Crippen LogP) is 3.61. The van der Waals surface area contributed by atoms with Crippen LogP contribution in [0.4, 0.5) is 4.39 Å². The molecule has 0 aromatic rings. The number of halogens is 1. The lowest BCUT2D eigenvalue weighted by Gasteiger charge is -2.61. The lowest BCUT2D eigenvalue weighted by molar-refractivity contribution is -0.183. The Morgan fingerprint density at radius 2 is 2.04 bits per heavy atom. The molecule has 4 rings (SSSR count). The average molecular weight is 374 g/mol. The molecule has 4 aliphatic carbocycles. The van der Waals surface area contributed by atoms with Crippen LogP contribution in [0.3, 0.4) is 0 Å². The molecule has 0 aliphatic heterocycles. The van der Waals surface area contributed by atoms with E-state index in [1.54, 1.807) is 13.0 Å². The zero-order valence-electron chi connectivity index (χ0n) is 16.0. The van der Waals surface area contributed by atoms with Crippen LogP contribution in [0.2, 0.25) is 0 Å². The summed E-state index contributed by atoms with van der Waals surface area (Å²) in [4.78, 5) is 23.2. The number of alkyl halides is 1. The molecular weight excluding hydrogens is 347 g/mol. The van der Waals surface area contributed by atoms with Gasteiger partial charge in [-0.05, 0) is 62.0 Å². The highest BCUT2D eigenvalue weighted by atomic mass is 19.1. The molecular formula is C22H27FO4. The lowest BCUT2D eigenvalue weighted by Crippen LogP contribution is -2.66. The molecule has 5 heteroatoms. The van der Waals surface area contributed by atoms with E-state index in [0.29, 0.717) is 12.8 Å². The third kappa shape index (κ3) is 2.24. The fourth-order valence-electron chi connectivity index (χ4n) is 6.84. The van der Waals surface area contributed by atoms with Crippen LogP contribution in [0.1, 0.15) is 46.5 Å². The van der Waals surface area contributed by atoms with Gasteiger partial charge in [-0.15, -0.1) is 0 Å². The molecule has 3 saturated carbocycles. The molecule has 0 aromatic heterocycles. The van der Waals surface area contributed by atoms with Gasteiger partial charge in [-0.3, -0.25) is 4.79 Å². The number of ketones is 1. The van der Waals surface area contributed by atoms with Crippen LogP contribution in [-0.2, 0) is 9.59 Å². The Hall–Kier alpha value is -1.75. The molecule has 0 saturated heterocycles. The molecule has 0 unspecified atom stereocenters. The summed E-state index contributed by atoms with van der Waals surface area (Å²) in [7, 11) is 0. The topological polar surface area (TPSA) is 74.6 Å². The molecule has 0 amide bonds. The van der Waals surface area contributed by atoms with Crippen molar-refractivity contribution in [1.29, 1.82) is 0 Å². The highest BCUT2D eigenvalue weighted by Gasteiger charge is 2.70. The predicted molar refractivity (Wildman–Crippen MR) is 98.6 cm³/mol. The Balaban J connectivity index is 1.83. The number of carboxylic acids is 1. The van der Waals surface area contributed by atoms with Crippen LogP contribution in [0.15, 0.2) is 35.5 Å². The van der Waals surface area contributed by atoms with Gasteiger partial charge in [0.25, 0.3) is 0 Å². The Kier molecular flexibility index (Phi) is 3.88. The minimum absolute atomic E-state index is 0.0177. The summed E-state index contributed by atoms with van der Waals surface area (Å²) in [5, 5.41) is 20.4. The van der Waals surface area contributed by atoms with Crippen molar-refractivity contribution < 1.29 is 24.2 Å². The molecule has 0 aromatic carbocycles. The molecule has 2 N–H and O–H groups in total. The van der Waals surface area contributed by atoms with Crippen LogP contribution in [-0.4, -0.2) is 33.7 Å². The number of carbonyl (C=O) groups is 2. The van der Waals surface area contributed by atoms with Gasteiger partial charge < -0.3 is 10.2 Å². The van der Waals surface area contributed by atoms with E-state index in [0.717, 1.165) is 17.6 Å². The fraction of sp³-hybridized carbons (Fsp3) is 0.636. The Labute approximate surface area is 158 Å². The third-order valence-corrected chi connectivity index (χ3v) is 8.11. The number of allylic oxidation sites excluding steroid dienone is 5. The number of hydrogen-bond acceptors (Lipinski definition) is 3. The smallest absolute Gasteiger partial charge is 0.328 e. The van der Waals surface area contributed by atoms with E-state index in [2.05, 4.69) is 0 Å². The standard InChI is InChI=1S/C22H27FO4/c1-12-8-17-15-5-4-13-9-14(24)6-7-21(13,3)22(15,23)18(25)11-20(17,2)16(12)10-19(26)27/h6-7,9-10,12,15,17-18,25H,4-5,8,11H2,1-3H3,(H,26,27)/t12-,15-,17-,18-,20+,21-,22-/m0/s1. The van der Waals surface area contributed by atoms with Crippen molar-refractivity contribution in [3.8, 4) is 0 Å². The van der Waals surface area contributed by atoms with E-state index in [1.165, 1.54) is 18.2 Å². The Bertz CT molecular complexity index is 811. The van der Waals surface area contributed by atoms with Crippen molar-refractivity contribution >= 4 is 11.8 Å². The van der Waals surface area contributed by atoms with Crippen molar-refractivity contribution in [3.05, 3.63) is 35.5 Å². The van der Waals surface area contributed by atoms with Gasteiger partial charge in [0.1, 0.15) is 0 Å². The van der Waals surface area contributed by atoms with Gasteiger partial charge in [0.15, 0.2) is 11.5 Å². The van der Waals surface area contributed by atoms with E-state index >= 15 is 4.39 Å². The van der Waals surface area contributed by atoms with Gasteiger partial charge in [0, 0.05) is 17.4 Å². The summed E-state index contributed by atoms with van der Waals surface area (Å²) in [6.07, 6.45) is 6.81. The van der Waals surface area contributed by atoms with Crippen molar-refractivity contribution in [2.45, 2.75) is 58.2 Å². The van der Waals surface area contributed by atoms with Gasteiger partial charge in [-0.2, -0.15) is 0 Å². The molecule has 0 spiro atoms. The van der Waals surface area contributed by atoms with E-state index in [9.17, 15) is 19.8 Å². The molecule has 0 heterocycles. The Morgan fingerprint density at radius 3 is 2.70 bits per heavy atom. The number of carbonyl (C=O) groups excluding carboxylic acids is 1. The minimum atomic E-state index is -1.85. The molecule has 146 valence electrons. The lowest BCUT2D eigenvalue weighted by atomic mass is 9.45. The normalized spacial score (nSPS) is 50.0. The van der Waals surface area contributed by atoms with Gasteiger partial charge in [0.05, 0.1) is 6.10 Å². The van der Waals surface area contributed by atoms with E-state index in [1.807, 2.05) is 13.8 Å². The first-order valence-corrected chi connectivity index (χ1v) is 9.80. The van der Waals surface area contributed by atoms with E-state index < -0.39 is 28.6 Å². The zero-order valence-corrected chi connectivity index (χ0v) is 16.0. The first-order valence-electron chi connectivity index (χ1n) is 9.80. The van der Waals surface area contributed by atoms with Crippen molar-refractivity contribution in [1.82, 2.24) is 0 Å². The van der Waals surface area contributed by atoms with Gasteiger partial charge in [0.2, 0.25) is 0 Å². The number of fused-ring (bicyclic) bond motifs is 5. The minimum Gasteiger partial charge on any atom is -0.478 e. The van der Waals surface area contributed by atoms with E-state index in [-0.39, 0.29) is 30.0 Å². The summed E-state index contributed by atoms with van der Waals surface area (Å²) in [6, 6.07) is 0. The second-order valence-electron chi connectivity index (χ2n) is 9.34. The van der Waals surface area contributed by atoms with Crippen molar-refractivity contribution in [2.75, 3.05) is 0 Å². The first-order chi connectivity index (χ1) is 12.5. The van der Waals surface area contributed by atoms with Crippen molar-refractivity contribution in [2.24, 2.45) is 28.6 Å². The molecule has 0 radical (unpaired) electrons. The van der Waals surface area contributed by atoms with Gasteiger partial charge >= 0.3 is 5.97 Å². The monoisotopic (exact) mass is 374 g/mol. The van der Waals surface area contributed by atoms with E-state index in [4.69, 9.17) is 0 Å². The Morgan fingerprint density at radius 1 is 1.33 bits per heavy atom. The van der Waals surface area contributed by atoms with Crippen LogP contribution >= 0.6 is 0 Å². The molecule has 27 heavy (non-hydrogen) atoms. The number of hydrogen-bond donors (Lipinski definition) is 2. The van der Waals surface area contributed by atoms with Crippen LogP contribution in [0, 0.1) is 28.6 Å². The third-order valence-electron chi connectivity index (χ3n) is 8.11. The number of aliphatic hydroxyl groups is 1.